The molecule has 1 aromatic rings. The Kier molecular flexibility index (Phi) is 3.83. The first kappa shape index (κ1) is 13.3. The predicted octanol–water partition coefficient (Wildman–Crippen LogP) is 2.79. The van der Waals surface area contributed by atoms with E-state index in [1.54, 1.807) is 12.1 Å². The Morgan fingerprint density at radius 3 is 2.35 bits per heavy atom. The van der Waals surface area contributed by atoms with Crippen molar-refractivity contribution in [3.05, 3.63) is 29.3 Å². The zero-order valence-corrected chi connectivity index (χ0v) is 12.3. The zero-order chi connectivity index (χ0) is 12.5. The van der Waals surface area contributed by atoms with Gasteiger partial charge in [-0.3, -0.25) is 0 Å². The third-order valence-electron chi connectivity index (χ3n) is 3.00. The Bertz CT molecular complexity index is 497. The van der Waals surface area contributed by atoms with Crippen LogP contribution in [0.4, 0.5) is 0 Å². The zero-order valence-electron chi connectivity index (χ0n) is 9.12. The second kappa shape index (κ2) is 4.88. The smallest absolute Gasteiger partial charge is 0.211 e. The Balaban J connectivity index is 2.06. The molecule has 0 radical (unpaired) electrons. The summed E-state index contributed by atoms with van der Waals surface area (Å²) in [5.74, 6) is 0. The quantitative estimate of drug-likeness (QED) is 0.839. The molecule has 0 aliphatic heterocycles. The number of hydrogen-bond donors (Lipinski definition) is 1. The first-order chi connectivity index (χ1) is 7.97. The van der Waals surface area contributed by atoms with Crippen molar-refractivity contribution in [2.75, 3.05) is 11.9 Å². The minimum atomic E-state index is -3.41. The molecular formula is C11H13BrClNO2S. The van der Waals surface area contributed by atoms with E-state index in [2.05, 4.69) is 20.7 Å². The van der Waals surface area contributed by atoms with Crippen LogP contribution in [0.15, 0.2) is 29.2 Å². The van der Waals surface area contributed by atoms with E-state index >= 15 is 0 Å². The average Bonchev–Trinajstić information content (AvgIpc) is 3.08. The van der Waals surface area contributed by atoms with E-state index in [4.69, 9.17) is 11.6 Å². The molecule has 0 unspecified atom stereocenters. The number of sulfonamides is 1. The van der Waals surface area contributed by atoms with E-state index in [0.717, 1.165) is 18.2 Å². The van der Waals surface area contributed by atoms with Crippen molar-refractivity contribution in [2.24, 2.45) is 5.41 Å². The monoisotopic (exact) mass is 337 g/mol. The van der Waals surface area contributed by atoms with Crippen LogP contribution in [0.2, 0.25) is 5.02 Å². The molecule has 0 bridgehead atoms. The van der Waals surface area contributed by atoms with Crippen LogP contribution in [0.25, 0.3) is 0 Å². The maximum absolute atomic E-state index is 12.0. The number of nitrogens with one attached hydrogen (secondary N) is 1. The molecule has 1 N–H and O–H groups in total. The van der Waals surface area contributed by atoms with E-state index in [1.807, 2.05) is 0 Å². The molecule has 0 spiro atoms. The lowest BCUT2D eigenvalue weighted by Crippen LogP contribution is -2.31. The van der Waals surface area contributed by atoms with Gasteiger partial charge in [0, 0.05) is 16.9 Å². The minimum absolute atomic E-state index is 0.124. The highest BCUT2D eigenvalue weighted by Crippen LogP contribution is 2.46. The van der Waals surface area contributed by atoms with Gasteiger partial charge in [0.15, 0.2) is 0 Å². The highest BCUT2D eigenvalue weighted by molar-refractivity contribution is 9.09. The minimum Gasteiger partial charge on any atom is -0.211 e. The topological polar surface area (TPSA) is 46.2 Å². The first-order valence-electron chi connectivity index (χ1n) is 5.29. The van der Waals surface area contributed by atoms with Gasteiger partial charge in [-0.25, -0.2) is 13.1 Å². The van der Waals surface area contributed by atoms with Gasteiger partial charge < -0.3 is 0 Å². The number of hydrogen-bond acceptors (Lipinski definition) is 2. The Hall–Kier alpha value is -0.100. The Labute approximate surface area is 115 Å². The molecule has 1 saturated carbocycles. The van der Waals surface area contributed by atoms with Crippen molar-refractivity contribution in [2.45, 2.75) is 17.7 Å². The maximum atomic E-state index is 12.0. The van der Waals surface area contributed by atoms with Crippen molar-refractivity contribution in [1.29, 1.82) is 0 Å². The highest BCUT2D eigenvalue weighted by atomic mass is 79.9. The molecule has 0 aromatic heterocycles. The van der Waals surface area contributed by atoms with Gasteiger partial charge in [-0.15, -0.1) is 0 Å². The molecule has 0 heterocycles. The van der Waals surface area contributed by atoms with Gasteiger partial charge >= 0.3 is 0 Å². The van der Waals surface area contributed by atoms with E-state index in [-0.39, 0.29) is 10.3 Å². The summed E-state index contributed by atoms with van der Waals surface area (Å²) in [6, 6.07) is 6.18. The summed E-state index contributed by atoms with van der Waals surface area (Å²) in [5.41, 5.74) is 0.124. The standard InChI is InChI=1S/C11H13BrClNO2S/c12-7-11(5-6-11)8-14-17(15,16)10-3-1-9(13)2-4-10/h1-4,14H,5-8H2. The number of benzene rings is 1. The van der Waals surface area contributed by atoms with Crippen LogP contribution in [0.5, 0.6) is 0 Å². The summed E-state index contributed by atoms with van der Waals surface area (Å²) in [7, 11) is -3.41. The second-order valence-electron chi connectivity index (χ2n) is 4.41. The summed E-state index contributed by atoms with van der Waals surface area (Å²) in [4.78, 5) is 0.257. The summed E-state index contributed by atoms with van der Waals surface area (Å²) in [6.45, 7) is 0.489. The molecule has 0 atom stereocenters. The van der Waals surface area contributed by atoms with E-state index in [9.17, 15) is 8.42 Å². The van der Waals surface area contributed by atoms with Gasteiger partial charge in [0.05, 0.1) is 4.90 Å². The lowest BCUT2D eigenvalue weighted by atomic mass is 10.1. The molecular weight excluding hydrogens is 326 g/mol. The Morgan fingerprint density at radius 2 is 1.88 bits per heavy atom. The number of rotatable bonds is 5. The molecule has 94 valence electrons. The van der Waals surface area contributed by atoms with Crippen molar-refractivity contribution >= 4 is 37.6 Å². The Morgan fingerprint density at radius 1 is 1.29 bits per heavy atom. The van der Waals surface area contributed by atoms with Crippen molar-refractivity contribution in [1.82, 2.24) is 4.72 Å². The van der Waals surface area contributed by atoms with Crippen LogP contribution >= 0.6 is 27.5 Å². The molecule has 3 nitrogen and oxygen atoms in total. The van der Waals surface area contributed by atoms with Crippen LogP contribution in [-0.2, 0) is 10.0 Å². The van der Waals surface area contributed by atoms with Gasteiger partial charge in [-0.1, -0.05) is 27.5 Å². The van der Waals surface area contributed by atoms with Crippen LogP contribution < -0.4 is 4.72 Å². The van der Waals surface area contributed by atoms with E-state index in [1.165, 1.54) is 12.1 Å². The number of halogens is 2. The van der Waals surface area contributed by atoms with Gasteiger partial charge in [0.1, 0.15) is 0 Å². The van der Waals surface area contributed by atoms with Gasteiger partial charge in [0.2, 0.25) is 10.0 Å². The molecule has 1 aliphatic rings. The molecule has 0 saturated heterocycles. The van der Waals surface area contributed by atoms with E-state index in [0.29, 0.717) is 11.6 Å². The normalized spacial score (nSPS) is 18.0. The molecule has 2 rings (SSSR count). The third-order valence-corrected chi connectivity index (χ3v) is 5.86. The number of alkyl halides is 1. The van der Waals surface area contributed by atoms with Crippen LogP contribution in [0.3, 0.4) is 0 Å². The van der Waals surface area contributed by atoms with E-state index < -0.39 is 10.0 Å². The van der Waals surface area contributed by atoms with Gasteiger partial charge in [-0.05, 0) is 42.5 Å². The van der Waals surface area contributed by atoms with Crippen LogP contribution in [0.1, 0.15) is 12.8 Å². The van der Waals surface area contributed by atoms with Crippen molar-refractivity contribution < 1.29 is 8.42 Å². The summed E-state index contributed by atoms with van der Waals surface area (Å²) < 4.78 is 26.6. The fourth-order valence-corrected chi connectivity index (χ4v) is 3.52. The molecule has 1 aliphatic carbocycles. The maximum Gasteiger partial charge on any atom is 0.240 e. The molecule has 6 heteroatoms. The lowest BCUT2D eigenvalue weighted by Gasteiger charge is -2.13. The third kappa shape index (κ3) is 3.22. The molecule has 1 fully saturated rings. The van der Waals surface area contributed by atoms with Gasteiger partial charge in [0.25, 0.3) is 0 Å². The summed E-state index contributed by atoms with van der Waals surface area (Å²) in [6.07, 6.45) is 2.14. The largest absolute Gasteiger partial charge is 0.240 e. The lowest BCUT2D eigenvalue weighted by molar-refractivity contribution is 0.538. The van der Waals surface area contributed by atoms with Gasteiger partial charge in [-0.2, -0.15) is 0 Å². The first-order valence-corrected chi connectivity index (χ1v) is 8.27. The average molecular weight is 339 g/mol. The summed E-state index contributed by atoms with van der Waals surface area (Å²) in [5, 5.41) is 1.37. The van der Waals surface area contributed by atoms with Crippen molar-refractivity contribution in [3.8, 4) is 0 Å². The van der Waals surface area contributed by atoms with Crippen LogP contribution in [-0.4, -0.2) is 20.3 Å². The summed E-state index contributed by atoms with van der Waals surface area (Å²) >= 11 is 9.14. The van der Waals surface area contributed by atoms with Crippen LogP contribution in [0, 0.1) is 5.41 Å². The molecule has 1 aromatic carbocycles. The fraction of sp³-hybridized carbons (Fsp3) is 0.455. The molecule has 0 amide bonds. The van der Waals surface area contributed by atoms with Crippen molar-refractivity contribution in [3.63, 3.8) is 0 Å². The highest BCUT2D eigenvalue weighted by Gasteiger charge is 2.42. The molecule has 17 heavy (non-hydrogen) atoms. The SMILES string of the molecule is O=S(=O)(NCC1(CBr)CC1)c1ccc(Cl)cc1. The predicted molar refractivity (Wildman–Crippen MR) is 72.1 cm³/mol. The fourth-order valence-electron chi connectivity index (χ4n) is 1.48. The second-order valence-corrected chi connectivity index (χ2v) is 7.18.